The van der Waals surface area contributed by atoms with Crippen LogP contribution in [0.15, 0.2) is 30.3 Å². The molecule has 0 atom stereocenters. The van der Waals surface area contributed by atoms with Gasteiger partial charge in [-0.1, -0.05) is 34.8 Å². The average Bonchev–Trinajstić information content (AvgIpc) is 2.06. The van der Waals surface area contributed by atoms with Gasteiger partial charge in [0.25, 0.3) is 0 Å². The van der Waals surface area contributed by atoms with Gasteiger partial charge in [0.2, 0.25) is 0 Å². The van der Waals surface area contributed by atoms with E-state index in [1.165, 1.54) is 0 Å². The lowest BCUT2D eigenvalue weighted by Gasteiger charge is -2.04. The summed E-state index contributed by atoms with van der Waals surface area (Å²) in [7, 11) is 0. The van der Waals surface area contributed by atoms with Gasteiger partial charge in [-0.2, -0.15) is 5.12 Å². The molecule has 2 nitrogen and oxygen atoms in total. The van der Waals surface area contributed by atoms with E-state index in [4.69, 9.17) is 5.41 Å². The van der Waals surface area contributed by atoms with E-state index in [-0.39, 0.29) is 11.7 Å². The topological polar surface area (TPSA) is 27.1 Å². The van der Waals surface area contributed by atoms with Crippen molar-refractivity contribution in [3.63, 3.8) is 0 Å². The maximum Gasteiger partial charge on any atom is 0.195 e. The number of hydrogen-bond acceptors (Lipinski definition) is 1. The molecule has 11 heavy (non-hydrogen) atoms. The molecule has 1 rings (SSSR count). The van der Waals surface area contributed by atoms with Crippen LogP contribution in [0.5, 0.6) is 0 Å². The van der Waals surface area contributed by atoms with E-state index in [2.05, 4.69) is 0 Å². The van der Waals surface area contributed by atoms with Gasteiger partial charge in [-0.3, -0.25) is 5.41 Å². The predicted molar refractivity (Wildman–Crippen MR) is 40.8 cm³/mol. The number of benzene rings is 1. The van der Waals surface area contributed by atoms with Gasteiger partial charge in [0.15, 0.2) is 6.34 Å². The lowest BCUT2D eigenvalue weighted by atomic mass is 10.2. The van der Waals surface area contributed by atoms with Gasteiger partial charge in [0.1, 0.15) is 0 Å². The van der Waals surface area contributed by atoms with E-state index < -0.39 is 0 Å². The maximum atomic E-state index is 12.4. The van der Waals surface area contributed by atoms with E-state index >= 15 is 0 Å². The van der Waals surface area contributed by atoms with Gasteiger partial charge >= 0.3 is 0 Å². The second-order valence-corrected chi connectivity index (χ2v) is 2.12. The zero-order valence-electron chi connectivity index (χ0n) is 5.92. The molecule has 0 spiro atoms. The second kappa shape index (κ2) is 3.71. The van der Waals surface area contributed by atoms with Crippen molar-refractivity contribution in [2.75, 3.05) is 0 Å². The van der Waals surface area contributed by atoms with Gasteiger partial charge in [0.05, 0.1) is 6.54 Å². The van der Waals surface area contributed by atoms with Crippen LogP contribution in [0.4, 0.5) is 4.48 Å². The van der Waals surface area contributed by atoms with Gasteiger partial charge in [0, 0.05) is 0 Å². The van der Waals surface area contributed by atoms with E-state index in [0.717, 1.165) is 5.56 Å². The highest BCUT2D eigenvalue weighted by Gasteiger charge is 1.97. The molecule has 1 N–H and O–H groups in total. The molecule has 57 valence electrons. The van der Waals surface area contributed by atoms with Crippen molar-refractivity contribution in [3.05, 3.63) is 35.9 Å². The monoisotopic (exact) mass is 151 g/mol. The molecule has 0 bridgehead atoms. The molecule has 0 amide bonds. The van der Waals surface area contributed by atoms with Crippen molar-refractivity contribution in [1.82, 2.24) is 5.12 Å². The molecule has 0 aliphatic carbocycles. The predicted octanol–water partition coefficient (Wildman–Crippen LogP) is 1.86. The summed E-state index contributed by atoms with van der Waals surface area (Å²) in [4.78, 5) is 0. The summed E-state index contributed by atoms with van der Waals surface area (Å²) in [6.45, 7) is 0.0876. The minimum Gasteiger partial charge on any atom is -0.279 e. The van der Waals surface area contributed by atoms with Crippen LogP contribution in [0.25, 0.3) is 0 Å². The summed E-state index contributed by atoms with van der Waals surface area (Å²) < 4.78 is 12.4. The van der Waals surface area contributed by atoms with E-state index in [9.17, 15) is 4.48 Å². The molecule has 0 saturated heterocycles. The van der Waals surface area contributed by atoms with Gasteiger partial charge in [-0.05, 0) is 5.56 Å². The molecular weight excluding hydrogens is 143 g/mol. The number of rotatable bonds is 3. The Kier molecular flexibility index (Phi) is 2.60. The molecular formula is C8H8FN2. The Bertz CT molecular complexity index is 223. The fourth-order valence-corrected chi connectivity index (χ4v) is 0.783. The molecule has 0 aromatic heterocycles. The van der Waals surface area contributed by atoms with E-state index in [1.807, 2.05) is 18.2 Å². The Balaban J connectivity index is 2.57. The molecule has 3 heteroatoms. The highest BCUT2D eigenvalue weighted by atomic mass is 19.2. The largest absolute Gasteiger partial charge is 0.279 e. The third-order valence-corrected chi connectivity index (χ3v) is 1.29. The molecule has 0 unspecified atom stereocenters. The molecule has 1 aromatic carbocycles. The van der Waals surface area contributed by atoms with Crippen molar-refractivity contribution >= 4 is 6.34 Å². The third kappa shape index (κ3) is 2.37. The summed E-state index contributed by atoms with van der Waals surface area (Å²) in [6, 6.07) is 9.11. The number of halogens is 1. The fraction of sp³-hybridized carbons (Fsp3) is 0.125. The number of hydrogen-bond donors (Lipinski definition) is 1. The highest BCUT2D eigenvalue weighted by molar-refractivity contribution is 5.48. The first-order valence-corrected chi connectivity index (χ1v) is 3.22. The van der Waals surface area contributed by atoms with Crippen molar-refractivity contribution in [2.24, 2.45) is 0 Å². The van der Waals surface area contributed by atoms with Crippen LogP contribution in [0.1, 0.15) is 5.56 Å². The lowest BCUT2D eigenvalue weighted by molar-refractivity contribution is 0.119. The molecule has 1 radical (unpaired) electrons. The summed E-state index contributed by atoms with van der Waals surface area (Å²) in [5, 5.41) is 6.66. The average molecular weight is 151 g/mol. The normalized spacial score (nSPS) is 9.18. The zero-order chi connectivity index (χ0) is 8.10. The van der Waals surface area contributed by atoms with E-state index in [0.29, 0.717) is 0 Å². The van der Waals surface area contributed by atoms with Crippen molar-refractivity contribution in [3.8, 4) is 0 Å². The molecule has 0 saturated carbocycles. The van der Waals surface area contributed by atoms with Gasteiger partial charge < -0.3 is 0 Å². The molecule has 0 aliphatic heterocycles. The molecule has 1 aromatic rings. The van der Waals surface area contributed by atoms with Crippen LogP contribution in [-0.2, 0) is 6.54 Å². The Morgan fingerprint density at radius 3 is 2.55 bits per heavy atom. The van der Waals surface area contributed by atoms with Crippen molar-refractivity contribution < 1.29 is 4.48 Å². The maximum absolute atomic E-state index is 12.4. The smallest absolute Gasteiger partial charge is 0.195 e. The van der Waals surface area contributed by atoms with Crippen LogP contribution >= 0.6 is 0 Å². The highest BCUT2D eigenvalue weighted by Crippen LogP contribution is 2.01. The molecule has 0 fully saturated rings. The second-order valence-electron chi connectivity index (χ2n) is 2.12. The van der Waals surface area contributed by atoms with Crippen LogP contribution < -0.4 is 0 Å². The Morgan fingerprint density at radius 1 is 1.36 bits per heavy atom. The number of nitrogens with zero attached hydrogens (tertiary/aromatic N) is 1. The van der Waals surface area contributed by atoms with Gasteiger partial charge in [-0.25, -0.2) is 0 Å². The minimum absolute atomic E-state index is 0.0876. The standard InChI is InChI=1S/C8H8FN2/c9-11(7-10)6-8-4-2-1-3-5-8/h1-5,10H,6H2. The first kappa shape index (κ1) is 7.72. The van der Waals surface area contributed by atoms with Crippen molar-refractivity contribution in [1.29, 1.82) is 5.41 Å². The summed E-state index contributed by atoms with van der Waals surface area (Å²) >= 11 is 0. The van der Waals surface area contributed by atoms with Crippen molar-refractivity contribution in [2.45, 2.75) is 6.54 Å². The van der Waals surface area contributed by atoms with Gasteiger partial charge in [-0.15, -0.1) is 0 Å². The van der Waals surface area contributed by atoms with Crippen LogP contribution in [0.2, 0.25) is 0 Å². The molecule has 0 aliphatic rings. The van der Waals surface area contributed by atoms with E-state index in [1.54, 1.807) is 18.5 Å². The molecule has 0 heterocycles. The first-order chi connectivity index (χ1) is 5.33. The Morgan fingerprint density at radius 2 is 2.00 bits per heavy atom. The summed E-state index contributed by atoms with van der Waals surface area (Å²) in [5.74, 6) is 0. The number of nitrogens with one attached hydrogen (secondary N) is 1. The zero-order valence-corrected chi connectivity index (χ0v) is 5.92. The first-order valence-electron chi connectivity index (χ1n) is 3.22. The SMILES string of the molecule is N=[C]N(F)Cc1ccccc1. The minimum atomic E-state index is 0.0876. The third-order valence-electron chi connectivity index (χ3n) is 1.29. The quantitative estimate of drug-likeness (QED) is 0.303. The Hall–Kier alpha value is -1.38. The van der Waals surface area contributed by atoms with Crippen LogP contribution in [-0.4, -0.2) is 11.5 Å². The Labute approximate surface area is 64.7 Å². The van der Waals surface area contributed by atoms with Crippen LogP contribution in [0, 0.1) is 5.41 Å². The summed E-state index contributed by atoms with van der Waals surface area (Å²) in [5.41, 5.74) is 0.828. The summed E-state index contributed by atoms with van der Waals surface area (Å²) in [6.07, 6.45) is 1.63. The lowest BCUT2D eigenvalue weighted by Crippen LogP contribution is -2.08. The van der Waals surface area contributed by atoms with Crippen LogP contribution in [0.3, 0.4) is 0 Å². The fourth-order valence-electron chi connectivity index (χ4n) is 0.783.